The van der Waals surface area contributed by atoms with Gasteiger partial charge < -0.3 is 5.32 Å². The van der Waals surface area contributed by atoms with Crippen LogP contribution in [0.15, 0.2) is 28.7 Å². The molecular weight excluding hydrogens is 334 g/mol. The first kappa shape index (κ1) is 13.6. The number of thiophene rings is 1. The molecule has 18 heavy (non-hydrogen) atoms. The fraction of sp³-hybridized carbons (Fsp3) is 0.154. The van der Waals surface area contributed by atoms with Crippen LogP contribution in [0.1, 0.15) is 20.8 Å². The first-order chi connectivity index (χ1) is 8.47. The molecule has 1 heterocycles. The summed E-state index contributed by atoms with van der Waals surface area (Å²) in [7, 11) is 0. The monoisotopic (exact) mass is 343 g/mol. The van der Waals surface area contributed by atoms with Crippen LogP contribution in [0.2, 0.25) is 4.34 Å². The lowest BCUT2D eigenvalue weighted by Gasteiger charge is -2.08. The van der Waals surface area contributed by atoms with Gasteiger partial charge in [-0.25, -0.2) is 0 Å². The van der Waals surface area contributed by atoms with Crippen molar-refractivity contribution >= 4 is 50.5 Å². The first-order valence-corrected chi connectivity index (χ1v) is 7.29. The normalized spacial score (nSPS) is 10.4. The van der Waals surface area contributed by atoms with E-state index in [1.165, 1.54) is 11.3 Å². The van der Waals surface area contributed by atoms with E-state index in [1.54, 1.807) is 12.1 Å². The average Bonchev–Trinajstić information content (AvgIpc) is 2.72. The SMILES string of the molecule is Cc1cc(NC(=O)c2ccc(Cl)s2)cc(C)c1Br. The van der Waals surface area contributed by atoms with Crippen molar-refractivity contribution in [3.63, 3.8) is 0 Å². The van der Waals surface area contributed by atoms with Gasteiger partial charge in [-0.05, 0) is 49.2 Å². The Balaban J connectivity index is 2.22. The second kappa shape index (κ2) is 5.43. The molecule has 1 aromatic heterocycles. The van der Waals surface area contributed by atoms with Crippen molar-refractivity contribution in [2.45, 2.75) is 13.8 Å². The van der Waals surface area contributed by atoms with E-state index in [1.807, 2.05) is 26.0 Å². The summed E-state index contributed by atoms with van der Waals surface area (Å²) in [4.78, 5) is 12.6. The van der Waals surface area contributed by atoms with Crippen molar-refractivity contribution in [2.24, 2.45) is 0 Å². The predicted octanol–water partition coefficient (Wildman–Crippen LogP) is 5.03. The minimum Gasteiger partial charge on any atom is -0.321 e. The van der Waals surface area contributed by atoms with Crippen LogP contribution in [0.5, 0.6) is 0 Å². The lowest BCUT2D eigenvalue weighted by molar-refractivity contribution is 0.103. The molecule has 0 saturated carbocycles. The molecule has 1 amide bonds. The minimum atomic E-state index is -0.131. The smallest absolute Gasteiger partial charge is 0.265 e. The van der Waals surface area contributed by atoms with Gasteiger partial charge in [0.2, 0.25) is 0 Å². The molecule has 0 aliphatic carbocycles. The number of hydrogen-bond donors (Lipinski definition) is 1. The summed E-state index contributed by atoms with van der Waals surface area (Å²) in [5, 5.41) is 2.87. The summed E-state index contributed by atoms with van der Waals surface area (Å²) in [5.41, 5.74) is 2.98. The van der Waals surface area contributed by atoms with Gasteiger partial charge in [-0.2, -0.15) is 0 Å². The van der Waals surface area contributed by atoms with Gasteiger partial charge >= 0.3 is 0 Å². The zero-order valence-electron chi connectivity index (χ0n) is 9.88. The molecule has 0 radical (unpaired) electrons. The zero-order valence-corrected chi connectivity index (χ0v) is 13.0. The molecule has 0 spiro atoms. The summed E-state index contributed by atoms with van der Waals surface area (Å²) < 4.78 is 1.68. The number of anilines is 1. The molecule has 0 atom stereocenters. The number of nitrogens with one attached hydrogen (secondary N) is 1. The Labute approximate surface area is 123 Å². The summed E-state index contributed by atoms with van der Waals surface area (Å²) in [6.45, 7) is 3.99. The van der Waals surface area contributed by atoms with E-state index in [0.717, 1.165) is 21.3 Å². The molecule has 0 unspecified atom stereocenters. The molecule has 5 heteroatoms. The second-order valence-electron chi connectivity index (χ2n) is 3.98. The molecule has 1 N–H and O–H groups in total. The van der Waals surface area contributed by atoms with E-state index in [-0.39, 0.29) is 5.91 Å². The highest BCUT2D eigenvalue weighted by atomic mass is 79.9. The van der Waals surface area contributed by atoms with Crippen molar-refractivity contribution in [3.8, 4) is 0 Å². The minimum absolute atomic E-state index is 0.131. The molecular formula is C13H11BrClNOS. The molecule has 94 valence electrons. The van der Waals surface area contributed by atoms with Crippen molar-refractivity contribution in [3.05, 3.63) is 49.1 Å². The lowest BCUT2D eigenvalue weighted by atomic mass is 10.1. The Bertz CT molecular complexity index is 586. The molecule has 1 aromatic carbocycles. The maximum absolute atomic E-state index is 12.0. The molecule has 0 saturated heterocycles. The maximum Gasteiger partial charge on any atom is 0.265 e. The van der Waals surface area contributed by atoms with Gasteiger partial charge in [-0.3, -0.25) is 4.79 Å². The number of aryl methyl sites for hydroxylation is 2. The standard InChI is InChI=1S/C13H11BrClNOS/c1-7-5-9(6-8(2)12(7)14)16-13(17)10-3-4-11(15)18-10/h3-6H,1-2H3,(H,16,17). The number of carbonyl (C=O) groups excluding carboxylic acids is 1. The fourth-order valence-electron chi connectivity index (χ4n) is 1.65. The highest BCUT2D eigenvalue weighted by molar-refractivity contribution is 9.10. The average molecular weight is 345 g/mol. The van der Waals surface area contributed by atoms with Crippen molar-refractivity contribution in [2.75, 3.05) is 5.32 Å². The highest BCUT2D eigenvalue weighted by Gasteiger charge is 2.10. The van der Waals surface area contributed by atoms with Gasteiger partial charge in [-0.15, -0.1) is 11.3 Å². The Morgan fingerprint density at radius 1 is 1.28 bits per heavy atom. The van der Waals surface area contributed by atoms with Crippen LogP contribution in [-0.2, 0) is 0 Å². The van der Waals surface area contributed by atoms with E-state index >= 15 is 0 Å². The number of amides is 1. The van der Waals surface area contributed by atoms with Crippen molar-refractivity contribution in [1.29, 1.82) is 0 Å². The van der Waals surface area contributed by atoms with E-state index in [2.05, 4.69) is 21.2 Å². The third-order valence-electron chi connectivity index (χ3n) is 2.49. The van der Waals surface area contributed by atoms with Crippen LogP contribution in [-0.4, -0.2) is 5.91 Å². The Morgan fingerprint density at radius 3 is 2.39 bits per heavy atom. The lowest BCUT2D eigenvalue weighted by Crippen LogP contribution is -2.10. The number of benzene rings is 1. The summed E-state index contributed by atoms with van der Waals surface area (Å²) in [6, 6.07) is 7.31. The number of halogens is 2. The van der Waals surface area contributed by atoms with E-state index in [4.69, 9.17) is 11.6 Å². The number of hydrogen-bond acceptors (Lipinski definition) is 2. The molecule has 2 aromatic rings. The summed E-state index contributed by atoms with van der Waals surface area (Å²) >= 11 is 10.6. The van der Waals surface area contributed by atoms with Gasteiger partial charge in [0.05, 0.1) is 9.21 Å². The third-order valence-corrected chi connectivity index (χ3v) is 4.97. The fourth-order valence-corrected chi connectivity index (χ4v) is 2.81. The molecule has 0 fully saturated rings. The topological polar surface area (TPSA) is 29.1 Å². The summed E-state index contributed by atoms with van der Waals surface area (Å²) in [5.74, 6) is -0.131. The van der Waals surface area contributed by atoms with Crippen LogP contribution >= 0.6 is 38.9 Å². The van der Waals surface area contributed by atoms with Gasteiger partial charge in [-0.1, -0.05) is 27.5 Å². The van der Waals surface area contributed by atoms with Crippen LogP contribution < -0.4 is 5.32 Å². The summed E-state index contributed by atoms with van der Waals surface area (Å²) in [6.07, 6.45) is 0. The van der Waals surface area contributed by atoms with Crippen molar-refractivity contribution in [1.82, 2.24) is 0 Å². The first-order valence-electron chi connectivity index (χ1n) is 5.31. The Kier molecular flexibility index (Phi) is 4.10. The van der Waals surface area contributed by atoms with Crippen LogP contribution in [0.4, 0.5) is 5.69 Å². The van der Waals surface area contributed by atoms with E-state index in [0.29, 0.717) is 9.21 Å². The van der Waals surface area contributed by atoms with Crippen molar-refractivity contribution < 1.29 is 4.79 Å². The molecule has 0 aliphatic rings. The van der Waals surface area contributed by atoms with Gasteiger partial charge in [0.1, 0.15) is 0 Å². The second-order valence-corrected chi connectivity index (χ2v) is 6.49. The van der Waals surface area contributed by atoms with Crippen LogP contribution in [0.25, 0.3) is 0 Å². The maximum atomic E-state index is 12.0. The quantitative estimate of drug-likeness (QED) is 0.813. The van der Waals surface area contributed by atoms with Crippen LogP contribution in [0, 0.1) is 13.8 Å². The zero-order chi connectivity index (χ0) is 13.3. The van der Waals surface area contributed by atoms with E-state index < -0.39 is 0 Å². The van der Waals surface area contributed by atoms with Gasteiger partial charge in [0.25, 0.3) is 5.91 Å². The van der Waals surface area contributed by atoms with E-state index in [9.17, 15) is 4.79 Å². The highest BCUT2D eigenvalue weighted by Crippen LogP contribution is 2.26. The molecule has 2 nitrogen and oxygen atoms in total. The molecule has 0 aliphatic heterocycles. The Morgan fingerprint density at radius 2 is 1.89 bits per heavy atom. The largest absolute Gasteiger partial charge is 0.321 e. The van der Waals surface area contributed by atoms with Gasteiger partial charge in [0.15, 0.2) is 0 Å². The molecule has 0 bridgehead atoms. The van der Waals surface area contributed by atoms with Gasteiger partial charge in [0, 0.05) is 10.2 Å². The Hall–Kier alpha value is -0.840. The molecule has 2 rings (SSSR count). The number of rotatable bonds is 2. The van der Waals surface area contributed by atoms with Crippen LogP contribution in [0.3, 0.4) is 0 Å². The number of carbonyl (C=O) groups is 1. The predicted molar refractivity (Wildman–Crippen MR) is 80.9 cm³/mol. The third kappa shape index (κ3) is 2.94.